The van der Waals surface area contributed by atoms with Crippen LogP contribution in [-0.2, 0) is 25.7 Å². The van der Waals surface area contributed by atoms with E-state index in [0.717, 1.165) is 67.2 Å². The Morgan fingerprint density at radius 2 is 1.47 bits per heavy atom. The highest BCUT2D eigenvalue weighted by Crippen LogP contribution is 2.62. The standard InChI is InChI=1S/C63H83N3O12/c1-3-5-6-7-8-9-10-11-12-20-40-74-62(70)65(35-41-73-42-38-69)59-45-57(64-76-46-47-25-29-51(30-26-47)66(71)72)55-43-50(23-16-18-36-67)54(24-17-19-37-68)60-56-44-53(33-34-58(56)78-63(59,61(55)60)75-39-4-2)77-52-31-27-49(28-32-52)48-21-14-13-15-22-48/h4,13-15,21-22,25-34,43-44,50,54,59-61,67-69H,2-3,5-12,16-20,23-24,35-42,45-46H2,1H3. The lowest BCUT2D eigenvalue weighted by Gasteiger charge is -2.59. The Labute approximate surface area is 461 Å². The van der Waals surface area contributed by atoms with Gasteiger partial charge in [-0.15, -0.1) is 6.58 Å². The van der Waals surface area contributed by atoms with Crippen molar-refractivity contribution in [2.24, 2.45) is 22.9 Å². The summed E-state index contributed by atoms with van der Waals surface area (Å²) in [5.41, 5.74) is 5.13. The first-order chi connectivity index (χ1) is 38.2. The van der Waals surface area contributed by atoms with E-state index < -0.39 is 28.8 Å². The van der Waals surface area contributed by atoms with Gasteiger partial charge in [-0.2, -0.15) is 0 Å². The Bertz CT molecular complexity index is 2520. The van der Waals surface area contributed by atoms with Crippen LogP contribution in [0.4, 0.5) is 10.5 Å². The molecule has 1 heterocycles. The lowest BCUT2D eigenvalue weighted by molar-refractivity contribution is -0.384. The maximum absolute atomic E-state index is 15.0. The lowest BCUT2D eigenvalue weighted by atomic mass is 9.55. The number of nitrogens with zero attached hydrogens (tertiary/aromatic N) is 3. The maximum Gasteiger partial charge on any atom is 0.410 e. The van der Waals surface area contributed by atoms with Gasteiger partial charge in [-0.3, -0.25) is 15.0 Å². The molecule has 0 spiro atoms. The number of fused-ring (bicyclic) bond motifs is 2. The number of aliphatic hydroxyl groups is 3. The number of unbranched alkanes of at least 4 members (excludes halogenated alkanes) is 11. The van der Waals surface area contributed by atoms with E-state index in [0.29, 0.717) is 47.8 Å². The molecule has 0 aromatic heterocycles. The molecule has 6 unspecified atom stereocenters. The molecule has 3 aliphatic rings. The van der Waals surface area contributed by atoms with Crippen LogP contribution in [-0.4, -0.2) is 102 Å². The van der Waals surface area contributed by atoms with Crippen molar-refractivity contribution in [2.75, 3.05) is 52.8 Å². The number of aliphatic hydroxyl groups excluding tert-OH is 3. The minimum Gasteiger partial charge on any atom is -0.459 e. The van der Waals surface area contributed by atoms with Gasteiger partial charge in [0.25, 0.3) is 5.69 Å². The molecule has 1 aliphatic heterocycles. The van der Waals surface area contributed by atoms with Gasteiger partial charge in [0.05, 0.1) is 49.6 Å². The normalized spacial score (nSPS) is 20.7. The van der Waals surface area contributed by atoms with E-state index in [1.54, 1.807) is 23.1 Å². The van der Waals surface area contributed by atoms with E-state index in [4.69, 9.17) is 33.7 Å². The van der Waals surface area contributed by atoms with Crippen molar-refractivity contribution in [3.63, 3.8) is 0 Å². The molecular weight excluding hydrogens is 991 g/mol. The summed E-state index contributed by atoms with van der Waals surface area (Å²) >= 11 is 0. The molecular formula is C63H83N3O12. The summed E-state index contributed by atoms with van der Waals surface area (Å²) in [6.07, 6.45) is 19.1. The molecule has 15 heteroatoms. The maximum atomic E-state index is 15.0. The second-order valence-electron chi connectivity index (χ2n) is 20.8. The molecule has 1 saturated carbocycles. The van der Waals surface area contributed by atoms with Crippen LogP contribution < -0.4 is 9.47 Å². The second kappa shape index (κ2) is 31.5. The van der Waals surface area contributed by atoms with Crippen molar-refractivity contribution in [3.05, 3.63) is 143 Å². The zero-order valence-electron chi connectivity index (χ0n) is 45.7. The van der Waals surface area contributed by atoms with Crippen LogP contribution in [0.15, 0.2) is 127 Å². The largest absolute Gasteiger partial charge is 0.459 e. The van der Waals surface area contributed by atoms with Crippen molar-refractivity contribution in [1.29, 1.82) is 0 Å². The highest BCUT2D eigenvalue weighted by molar-refractivity contribution is 6.03. The Hall–Kier alpha value is -6.10. The molecule has 1 amide bonds. The molecule has 3 N–H and O–H groups in total. The van der Waals surface area contributed by atoms with Crippen molar-refractivity contribution in [1.82, 2.24) is 4.90 Å². The third kappa shape index (κ3) is 16.0. The van der Waals surface area contributed by atoms with Crippen molar-refractivity contribution in [3.8, 4) is 28.4 Å². The summed E-state index contributed by atoms with van der Waals surface area (Å²) in [6, 6.07) is 29.3. The van der Waals surface area contributed by atoms with Gasteiger partial charge in [0.1, 0.15) is 29.9 Å². The van der Waals surface area contributed by atoms with Gasteiger partial charge < -0.3 is 43.8 Å². The number of nitro benzene ring substituents is 1. The van der Waals surface area contributed by atoms with Crippen molar-refractivity contribution in [2.45, 2.75) is 140 Å². The number of amides is 1. The van der Waals surface area contributed by atoms with Crippen molar-refractivity contribution >= 4 is 17.5 Å². The predicted molar refractivity (Wildman–Crippen MR) is 303 cm³/mol. The molecule has 4 aromatic rings. The number of carbonyl (C=O) groups excluding carboxylic acids is 1. The second-order valence-corrected chi connectivity index (χ2v) is 20.8. The van der Waals surface area contributed by atoms with Crippen LogP contribution in [0.5, 0.6) is 17.2 Å². The molecule has 78 heavy (non-hydrogen) atoms. The number of hydrogen-bond donors (Lipinski definition) is 3. The Morgan fingerprint density at radius 3 is 2.15 bits per heavy atom. The van der Waals surface area contributed by atoms with Crippen LogP contribution in [0, 0.1) is 27.9 Å². The first-order valence-electron chi connectivity index (χ1n) is 28.6. The average Bonchev–Trinajstić information content (AvgIpc) is 3.36. The summed E-state index contributed by atoms with van der Waals surface area (Å²) in [5, 5.41) is 46.4. The van der Waals surface area contributed by atoms with Gasteiger partial charge in [-0.25, -0.2) is 4.79 Å². The molecule has 6 atom stereocenters. The van der Waals surface area contributed by atoms with E-state index >= 15 is 0 Å². The topological polar surface area (TPSA) is 192 Å². The summed E-state index contributed by atoms with van der Waals surface area (Å²) < 4.78 is 33.4. The predicted octanol–water partition coefficient (Wildman–Crippen LogP) is 13.3. The smallest absolute Gasteiger partial charge is 0.410 e. The monoisotopic (exact) mass is 1070 g/mol. The van der Waals surface area contributed by atoms with E-state index in [9.17, 15) is 30.2 Å². The average molecular weight is 1070 g/mol. The van der Waals surface area contributed by atoms with Crippen LogP contribution in [0.2, 0.25) is 0 Å². The molecule has 15 nitrogen and oxygen atoms in total. The number of allylic oxidation sites excluding steroid dienone is 1. The van der Waals surface area contributed by atoms with Gasteiger partial charge >= 0.3 is 6.09 Å². The third-order valence-corrected chi connectivity index (χ3v) is 15.4. The summed E-state index contributed by atoms with van der Waals surface area (Å²) in [4.78, 5) is 33.9. The fourth-order valence-corrected chi connectivity index (χ4v) is 11.6. The van der Waals surface area contributed by atoms with Gasteiger partial charge in [0.15, 0.2) is 0 Å². The first kappa shape index (κ1) is 59.6. The number of hydrogen-bond acceptors (Lipinski definition) is 13. The van der Waals surface area contributed by atoms with Crippen LogP contribution in [0.3, 0.4) is 0 Å². The van der Waals surface area contributed by atoms with Crippen LogP contribution >= 0.6 is 0 Å². The quantitative estimate of drug-likeness (QED) is 0.0171. The Balaban J connectivity index is 1.31. The lowest BCUT2D eigenvalue weighted by Crippen LogP contribution is -2.70. The fourth-order valence-electron chi connectivity index (χ4n) is 11.6. The van der Waals surface area contributed by atoms with E-state index in [1.165, 1.54) is 50.7 Å². The SMILES string of the molecule is C=CCOC12Oc3ccc(Oc4ccc(-c5ccccc5)cc4)cc3C3C(CCCCO)C(CCCCO)C=C(C(=NOCc4ccc([N+](=O)[O-])cc4)CC1N(CCOCCO)C(=O)OCCCCCCCCCCCC)C32. The molecule has 0 radical (unpaired) electrons. The highest BCUT2D eigenvalue weighted by atomic mass is 16.7. The number of rotatable bonds is 35. The number of carbonyl (C=O) groups is 1. The number of non-ortho nitro benzene ring substituents is 1. The Morgan fingerprint density at radius 1 is 0.795 bits per heavy atom. The zero-order valence-corrected chi connectivity index (χ0v) is 45.7. The van der Waals surface area contributed by atoms with Crippen molar-refractivity contribution < 1.29 is 53.6 Å². The molecule has 0 bridgehead atoms. The first-order valence-corrected chi connectivity index (χ1v) is 28.6. The van der Waals surface area contributed by atoms with E-state index in [2.05, 4.69) is 37.8 Å². The highest BCUT2D eigenvalue weighted by Gasteiger charge is 2.65. The van der Waals surface area contributed by atoms with E-state index in [1.807, 2.05) is 54.6 Å². The third-order valence-electron chi connectivity index (χ3n) is 15.4. The van der Waals surface area contributed by atoms with Gasteiger partial charge in [-0.1, -0.05) is 137 Å². The molecule has 2 aliphatic carbocycles. The summed E-state index contributed by atoms with van der Waals surface area (Å²) in [7, 11) is 0. The molecule has 0 saturated heterocycles. The Kier molecular flexibility index (Phi) is 24.0. The van der Waals surface area contributed by atoms with Gasteiger partial charge in [0, 0.05) is 49.8 Å². The van der Waals surface area contributed by atoms with Gasteiger partial charge in [-0.05, 0) is 109 Å². The summed E-state index contributed by atoms with van der Waals surface area (Å²) in [5.74, 6) is -0.689. The molecule has 1 fully saturated rings. The molecule has 7 rings (SSSR count). The molecule has 422 valence electrons. The number of nitro groups is 1. The minimum atomic E-state index is -1.55. The zero-order chi connectivity index (χ0) is 55.0. The fraction of sp³-hybridized carbons (Fsp3) is 0.524. The number of ether oxygens (including phenoxy) is 5. The molecule has 4 aromatic carbocycles. The number of benzene rings is 4. The minimum absolute atomic E-state index is 0.0152. The van der Waals surface area contributed by atoms with Crippen LogP contribution in [0.25, 0.3) is 11.1 Å². The van der Waals surface area contributed by atoms with Crippen LogP contribution in [0.1, 0.15) is 133 Å². The summed E-state index contributed by atoms with van der Waals surface area (Å²) in [6.45, 7) is 6.75. The van der Waals surface area contributed by atoms with E-state index in [-0.39, 0.29) is 89.3 Å². The number of oxime groups is 1. The van der Waals surface area contributed by atoms with Gasteiger partial charge in [0.2, 0.25) is 5.79 Å².